The van der Waals surface area contributed by atoms with Crippen molar-refractivity contribution in [2.24, 2.45) is 5.92 Å². The van der Waals surface area contributed by atoms with Crippen LogP contribution in [0.2, 0.25) is 0 Å². The van der Waals surface area contributed by atoms with E-state index in [1.54, 1.807) is 7.11 Å². The highest BCUT2D eigenvalue weighted by Gasteiger charge is 2.04. The van der Waals surface area contributed by atoms with Gasteiger partial charge in [-0.15, -0.1) is 0 Å². The fraction of sp³-hybridized carbons (Fsp3) is 0.538. The number of hydrogen-bond acceptors (Lipinski definition) is 2. The van der Waals surface area contributed by atoms with E-state index in [4.69, 9.17) is 4.74 Å². The SMILES string of the molecule is COc1cccc(N[C@@H](C)CC(C)C)c1. The summed E-state index contributed by atoms with van der Waals surface area (Å²) in [6.45, 7) is 6.69. The van der Waals surface area contributed by atoms with Crippen molar-refractivity contribution in [3.63, 3.8) is 0 Å². The summed E-state index contributed by atoms with van der Waals surface area (Å²) in [6, 6.07) is 8.55. The molecule has 0 aliphatic heterocycles. The van der Waals surface area contributed by atoms with Gasteiger partial charge < -0.3 is 10.1 Å². The van der Waals surface area contributed by atoms with Crippen LogP contribution in [0.1, 0.15) is 27.2 Å². The largest absolute Gasteiger partial charge is 0.497 e. The van der Waals surface area contributed by atoms with Crippen molar-refractivity contribution in [1.29, 1.82) is 0 Å². The maximum atomic E-state index is 5.18. The highest BCUT2D eigenvalue weighted by atomic mass is 16.5. The predicted molar refractivity (Wildman–Crippen MR) is 65.5 cm³/mol. The third kappa shape index (κ3) is 4.24. The zero-order chi connectivity index (χ0) is 11.3. The number of ether oxygens (including phenoxy) is 1. The van der Waals surface area contributed by atoms with Crippen molar-refractivity contribution >= 4 is 5.69 Å². The Kier molecular flexibility index (Phi) is 4.47. The first-order valence-electron chi connectivity index (χ1n) is 5.52. The molecule has 2 nitrogen and oxygen atoms in total. The lowest BCUT2D eigenvalue weighted by molar-refractivity contribution is 0.415. The molecule has 0 aromatic heterocycles. The molecule has 0 amide bonds. The van der Waals surface area contributed by atoms with Gasteiger partial charge in [0, 0.05) is 17.8 Å². The van der Waals surface area contributed by atoms with Crippen molar-refractivity contribution in [3.05, 3.63) is 24.3 Å². The summed E-state index contributed by atoms with van der Waals surface area (Å²) >= 11 is 0. The van der Waals surface area contributed by atoms with E-state index in [2.05, 4.69) is 32.2 Å². The van der Waals surface area contributed by atoms with Crippen LogP contribution in [0.15, 0.2) is 24.3 Å². The van der Waals surface area contributed by atoms with E-state index < -0.39 is 0 Å². The van der Waals surface area contributed by atoms with Gasteiger partial charge in [-0.3, -0.25) is 0 Å². The van der Waals surface area contributed by atoms with Gasteiger partial charge in [0.15, 0.2) is 0 Å². The molecule has 84 valence electrons. The zero-order valence-corrected chi connectivity index (χ0v) is 10.1. The van der Waals surface area contributed by atoms with Gasteiger partial charge in [-0.1, -0.05) is 19.9 Å². The van der Waals surface area contributed by atoms with Crippen molar-refractivity contribution in [2.45, 2.75) is 33.2 Å². The van der Waals surface area contributed by atoms with E-state index in [-0.39, 0.29) is 0 Å². The molecular formula is C13H21NO. The summed E-state index contributed by atoms with van der Waals surface area (Å²) in [7, 11) is 1.69. The molecule has 1 N–H and O–H groups in total. The molecule has 0 unspecified atom stereocenters. The molecule has 0 radical (unpaired) electrons. The molecule has 0 aliphatic carbocycles. The Hall–Kier alpha value is -1.18. The molecule has 0 aliphatic rings. The summed E-state index contributed by atoms with van der Waals surface area (Å²) in [6.07, 6.45) is 1.18. The molecule has 0 spiro atoms. The number of nitrogens with one attached hydrogen (secondary N) is 1. The van der Waals surface area contributed by atoms with E-state index in [1.165, 1.54) is 6.42 Å². The second-order valence-corrected chi connectivity index (χ2v) is 4.41. The molecule has 0 saturated heterocycles. The molecule has 1 aromatic rings. The maximum Gasteiger partial charge on any atom is 0.120 e. The van der Waals surface area contributed by atoms with E-state index >= 15 is 0 Å². The normalized spacial score (nSPS) is 12.6. The van der Waals surface area contributed by atoms with Crippen LogP contribution in [-0.2, 0) is 0 Å². The molecule has 2 heteroatoms. The Morgan fingerprint density at radius 2 is 2.00 bits per heavy atom. The Labute approximate surface area is 92.6 Å². The second kappa shape index (κ2) is 5.64. The molecule has 0 fully saturated rings. The van der Waals surface area contributed by atoms with Crippen molar-refractivity contribution in [2.75, 3.05) is 12.4 Å². The smallest absolute Gasteiger partial charge is 0.120 e. The lowest BCUT2D eigenvalue weighted by Crippen LogP contribution is -2.17. The number of anilines is 1. The zero-order valence-electron chi connectivity index (χ0n) is 10.1. The van der Waals surface area contributed by atoms with Crippen LogP contribution in [0.4, 0.5) is 5.69 Å². The lowest BCUT2D eigenvalue weighted by Gasteiger charge is -2.17. The summed E-state index contributed by atoms with van der Waals surface area (Å²) < 4.78 is 5.18. The molecule has 15 heavy (non-hydrogen) atoms. The average molecular weight is 207 g/mol. The average Bonchev–Trinajstić information content (AvgIpc) is 2.16. The summed E-state index contributed by atoms with van der Waals surface area (Å²) in [4.78, 5) is 0. The first kappa shape index (κ1) is 11.9. The van der Waals surface area contributed by atoms with Crippen LogP contribution >= 0.6 is 0 Å². The molecule has 0 bridgehead atoms. The van der Waals surface area contributed by atoms with Gasteiger partial charge in [0.25, 0.3) is 0 Å². The highest BCUT2D eigenvalue weighted by molar-refractivity contribution is 5.48. The van der Waals surface area contributed by atoms with Crippen LogP contribution in [-0.4, -0.2) is 13.2 Å². The van der Waals surface area contributed by atoms with Crippen molar-refractivity contribution in [3.8, 4) is 5.75 Å². The summed E-state index contributed by atoms with van der Waals surface area (Å²) in [5.41, 5.74) is 1.13. The summed E-state index contributed by atoms with van der Waals surface area (Å²) in [5, 5.41) is 3.47. The topological polar surface area (TPSA) is 21.3 Å². The number of benzene rings is 1. The second-order valence-electron chi connectivity index (χ2n) is 4.41. The van der Waals surface area contributed by atoms with Crippen LogP contribution < -0.4 is 10.1 Å². The lowest BCUT2D eigenvalue weighted by atomic mass is 10.1. The number of methoxy groups -OCH3 is 1. The van der Waals surface area contributed by atoms with E-state index in [9.17, 15) is 0 Å². The Balaban J connectivity index is 2.55. The predicted octanol–water partition coefficient (Wildman–Crippen LogP) is 3.54. The van der Waals surface area contributed by atoms with Gasteiger partial charge in [0.2, 0.25) is 0 Å². The van der Waals surface area contributed by atoms with Gasteiger partial charge >= 0.3 is 0 Å². The highest BCUT2D eigenvalue weighted by Crippen LogP contribution is 2.18. The third-order valence-electron chi connectivity index (χ3n) is 2.31. The minimum Gasteiger partial charge on any atom is -0.497 e. The number of rotatable bonds is 5. The van der Waals surface area contributed by atoms with Crippen LogP contribution in [0.5, 0.6) is 5.75 Å². The van der Waals surface area contributed by atoms with Crippen molar-refractivity contribution < 1.29 is 4.74 Å². The van der Waals surface area contributed by atoms with Gasteiger partial charge in [0.1, 0.15) is 5.75 Å². The first-order valence-corrected chi connectivity index (χ1v) is 5.52. The molecule has 1 aromatic carbocycles. The van der Waals surface area contributed by atoms with Crippen molar-refractivity contribution in [1.82, 2.24) is 0 Å². The van der Waals surface area contributed by atoms with Crippen LogP contribution in [0, 0.1) is 5.92 Å². The number of hydrogen-bond donors (Lipinski definition) is 1. The van der Waals surface area contributed by atoms with Gasteiger partial charge in [0.05, 0.1) is 7.11 Å². The molecule has 0 heterocycles. The van der Waals surface area contributed by atoms with Crippen LogP contribution in [0.3, 0.4) is 0 Å². The standard InChI is InChI=1S/C13H21NO/c1-10(2)8-11(3)14-12-6-5-7-13(9-12)15-4/h5-7,9-11,14H,8H2,1-4H3/t11-/m0/s1. The van der Waals surface area contributed by atoms with E-state index in [0.717, 1.165) is 17.4 Å². The third-order valence-corrected chi connectivity index (χ3v) is 2.31. The van der Waals surface area contributed by atoms with E-state index in [1.807, 2.05) is 18.2 Å². The van der Waals surface area contributed by atoms with Gasteiger partial charge in [-0.25, -0.2) is 0 Å². The quantitative estimate of drug-likeness (QED) is 0.797. The minimum atomic E-state index is 0.497. The first-order chi connectivity index (χ1) is 7.11. The molecular weight excluding hydrogens is 186 g/mol. The maximum absolute atomic E-state index is 5.18. The van der Waals surface area contributed by atoms with Gasteiger partial charge in [-0.2, -0.15) is 0 Å². The van der Waals surface area contributed by atoms with Gasteiger partial charge in [-0.05, 0) is 31.4 Å². The molecule has 1 rings (SSSR count). The minimum absolute atomic E-state index is 0.497. The Morgan fingerprint density at radius 1 is 1.27 bits per heavy atom. The monoisotopic (exact) mass is 207 g/mol. The Bertz CT molecular complexity index is 296. The summed E-state index contributed by atoms with van der Waals surface area (Å²) in [5.74, 6) is 1.62. The molecule has 0 saturated carbocycles. The Morgan fingerprint density at radius 3 is 2.60 bits per heavy atom. The fourth-order valence-electron chi connectivity index (χ4n) is 1.76. The fourth-order valence-corrected chi connectivity index (χ4v) is 1.76. The molecule has 1 atom stereocenters. The van der Waals surface area contributed by atoms with E-state index in [0.29, 0.717) is 6.04 Å². The van der Waals surface area contributed by atoms with Crippen LogP contribution in [0.25, 0.3) is 0 Å².